The third-order valence-corrected chi connectivity index (χ3v) is 3.76. The van der Waals surface area contributed by atoms with Gasteiger partial charge < -0.3 is 26.8 Å². The van der Waals surface area contributed by atoms with Crippen LogP contribution in [0.15, 0.2) is 42.5 Å². The van der Waals surface area contributed by atoms with Crippen LogP contribution in [0.2, 0.25) is 0 Å². The van der Waals surface area contributed by atoms with Gasteiger partial charge in [0.25, 0.3) is 6.43 Å². The zero-order valence-corrected chi connectivity index (χ0v) is 17.1. The molecule has 2 atom stereocenters. The Morgan fingerprint density at radius 1 is 0.903 bits per heavy atom. The summed E-state index contributed by atoms with van der Waals surface area (Å²) in [7, 11) is 0. The van der Waals surface area contributed by atoms with E-state index in [-0.39, 0.29) is 18.4 Å². The third-order valence-electron chi connectivity index (χ3n) is 3.76. The molecule has 10 heteroatoms. The summed E-state index contributed by atoms with van der Waals surface area (Å²) in [6.07, 6.45) is -2.46. The van der Waals surface area contributed by atoms with Crippen LogP contribution in [0.4, 0.5) is 13.2 Å². The number of hydrogen-bond donors (Lipinski definition) is 5. The highest BCUT2D eigenvalue weighted by molar-refractivity contribution is 5.73. The number of carboxylic acids is 2. The van der Waals surface area contributed by atoms with Gasteiger partial charge in [0.2, 0.25) is 0 Å². The molecule has 0 radical (unpaired) electrons. The number of benzene rings is 2. The van der Waals surface area contributed by atoms with Crippen LogP contribution >= 0.6 is 0 Å². The molecule has 2 rings (SSSR count). The molecule has 7 nitrogen and oxygen atoms in total. The highest BCUT2D eigenvalue weighted by Crippen LogP contribution is 2.20. The van der Waals surface area contributed by atoms with Crippen LogP contribution in [0.3, 0.4) is 0 Å². The van der Waals surface area contributed by atoms with E-state index in [1.807, 2.05) is 13.8 Å². The number of alkyl halides is 2. The van der Waals surface area contributed by atoms with E-state index in [9.17, 15) is 22.8 Å². The normalized spacial score (nSPS) is 12.0. The predicted octanol–water partition coefficient (Wildman–Crippen LogP) is 3.09. The molecule has 172 valence electrons. The maximum absolute atomic E-state index is 12.8. The van der Waals surface area contributed by atoms with Gasteiger partial charge in [-0.15, -0.1) is 0 Å². The topological polar surface area (TPSA) is 147 Å². The Kier molecular flexibility index (Phi) is 12.6. The lowest BCUT2D eigenvalue weighted by Gasteiger charge is -2.07. The van der Waals surface area contributed by atoms with Crippen molar-refractivity contribution in [2.75, 3.05) is 0 Å². The van der Waals surface area contributed by atoms with Crippen molar-refractivity contribution in [2.45, 2.75) is 45.2 Å². The van der Waals surface area contributed by atoms with Crippen LogP contribution in [0, 0.1) is 5.82 Å². The van der Waals surface area contributed by atoms with Crippen molar-refractivity contribution in [2.24, 2.45) is 11.5 Å². The second-order valence-electron chi connectivity index (χ2n) is 6.13. The predicted molar refractivity (Wildman–Crippen MR) is 109 cm³/mol. The number of nitrogens with two attached hydrogens (primary N) is 2. The molecule has 31 heavy (non-hydrogen) atoms. The standard InChI is InChI=1S/C10H11F2NO2.C9H10FNO3.C2H6/c11-9(12)7-3-1-2-6(4-7)5-8(13)10(14)15;10-6-3-5(1-2-8(6)12)4-7(11)9(13)14;1-2/h1-4,8-9H,5,13H2,(H,14,15);1-3,7,12H,4,11H2,(H,13,14);1-2H3/t8-;7-;/m00./s1. The molecule has 0 aromatic heterocycles. The summed E-state index contributed by atoms with van der Waals surface area (Å²) in [5.74, 6) is -3.52. The van der Waals surface area contributed by atoms with Gasteiger partial charge in [-0.25, -0.2) is 13.2 Å². The van der Waals surface area contributed by atoms with Crippen molar-refractivity contribution in [3.8, 4) is 5.75 Å². The minimum atomic E-state index is -2.55. The van der Waals surface area contributed by atoms with Crippen LogP contribution in [-0.4, -0.2) is 39.3 Å². The average Bonchev–Trinajstić information content (AvgIpc) is 2.72. The molecule has 7 N–H and O–H groups in total. The minimum Gasteiger partial charge on any atom is -0.505 e. The molecular formula is C21H27F3N2O5. The van der Waals surface area contributed by atoms with Gasteiger partial charge in [-0.1, -0.05) is 44.2 Å². The molecule has 0 unspecified atom stereocenters. The first-order valence-corrected chi connectivity index (χ1v) is 9.32. The van der Waals surface area contributed by atoms with E-state index in [0.717, 1.165) is 6.07 Å². The monoisotopic (exact) mass is 444 g/mol. The molecule has 2 aromatic carbocycles. The fraction of sp³-hybridized carbons (Fsp3) is 0.333. The SMILES string of the molecule is CC.N[C@@H](Cc1ccc(O)c(F)c1)C(=O)O.N[C@@H](Cc1cccc(C(F)F)c1)C(=O)O. The lowest BCUT2D eigenvalue weighted by Crippen LogP contribution is -2.32. The zero-order valence-electron chi connectivity index (χ0n) is 17.1. The molecule has 0 amide bonds. The Bertz CT molecular complexity index is 850. The third kappa shape index (κ3) is 10.5. The van der Waals surface area contributed by atoms with E-state index in [0.29, 0.717) is 11.1 Å². The lowest BCUT2D eigenvalue weighted by atomic mass is 10.0. The Labute approximate surface area is 178 Å². The Balaban J connectivity index is 0.000000539. The van der Waals surface area contributed by atoms with E-state index in [4.69, 9.17) is 26.8 Å². The number of carboxylic acid groups (broad SMARTS) is 2. The molecular weight excluding hydrogens is 417 g/mol. The van der Waals surface area contributed by atoms with Crippen LogP contribution in [0.1, 0.15) is 37.0 Å². The van der Waals surface area contributed by atoms with Gasteiger partial charge in [-0.3, -0.25) is 9.59 Å². The quantitative estimate of drug-likeness (QED) is 0.441. The number of aromatic hydroxyl groups is 1. The molecule has 0 heterocycles. The largest absolute Gasteiger partial charge is 0.505 e. The first-order chi connectivity index (χ1) is 14.5. The molecule has 0 saturated heterocycles. The van der Waals surface area contributed by atoms with Crippen LogP contribution in [0.5, 0.6) is 5.75 Å². The molecule has 0 bridgehead atoms. The summed E-state index contributed by atoms with van der Waals surface area (Å²) in [4.78, 5) is 20.8. The second kappa shape index (κ2) is 14.0. The molecule has 0 spiro atoms. The van der Waals surface area contributed by atoms with Crippen LogP contribution in [0.25, 0.3) is 0 Å². The summed E-state index contributed by atoms with van der Waals surface area (Å²) >= 11 is 0. The van der Waals surface area contributed by atoms with E-state index in [1.54, 1.807) is 6.07 Å². The van der Waals surface area contributed by atoms with E-state index >= 15 is 0 Å². The van der Waals surface area contributed by atoms with Crippen molar-refractivity contribution in [1.29, 1.82) is 0 Å². The number of phenols is 1. The highest BCUT2D eigenvalue weighted by atomic mass is 19.3. The maximum atomic E-state index is 12.8. The average molecular weight is 444 g/mol. The van der Waals surface area contributed by atoms with Crippen molar-refractivity contribution >= 4 is 11.9 Å². The lowest BCUT2D eigenvalue weighted by molar-refractivity contribution is -0.139. The fourth-order valence-corrected chi connectivity index (χ4v) is 2.22. The van der Waals surface area contributed by atoms with E-state index in [1.165, 1.54) is 30.3 Å². The number of hydrogen-bond acceptors (Lipinski definition) is 5. The Morgan fingerprint density at radius 2 is 1.39 bits per heavy atom. The fourth-order valence-electron chi connectivity index (χ4n) is 2.22. The van der Waals surface area contributed by atoms with Crippen molar-refractivity contribution < 1.29 is 38.1 Å². The van der Waals surface area contributed by atoms with Crippen molar-refractivity contribution in [1.82, 2.24) is 0 Å². The molecule has 0 aliphatic carbocycles. The second-order valence-corrected chi connectivity index (χ2v) is 6.13. The van der Waals surface area contributed by atoms with Gasteiger partial charge >= 0.3 is 11.9 Å². The Morgan fingerprint density at radius 3 is 1.81 bits per heavy atom. The minimum absolute atomic E-state index is 0.0343. The number of carbonyl (C=O) groups is 2. The first-order valence-electron chi connectivity index (χ1n) is 9.32. The van der Waals surface area contributed by atoms with Crippen LogP contribution in [-0.2, 0) is 22.4 Å². The van der Waals surface area contributed by atoms with Crippen molar-refractivity contribution in [3.05, 3.63) is 65.0 Å². The van der Waals surface area contributed by atoms with Gasteiger partial charge in [0.05, 0.1) is 0 Å². The highest BCUT2D eigenvalue weighted by Gasteiger charge is 2.14. The van der Waals surface area contributed by atoms with Gasteiger partial charge in [0, 0.05) is 5.56 Å². The van der Waals surface area contributed by atoms with E-state index < -0.39 is 42.0 Å². The molecule has 0 aliphatic rings. The van der Waals surface area contributed by atoms with Gasteiger partial charge in [-0.05, 0) is 36.1 Å². The summed E-state index contributed by atoms with van der Waals surface area (Å²) in [6, 6.07) is 7.16. The van der Waals surface area contributed by atoms with Gasteiger partial charge in [0.15, 0.2) is 11.6 Å². The zero-order chi connectivity index (χ0) is 24.1. The van der Waals surface area contributed by atoms with Crippen molar-refractivity contribution in [3.63, 3.8) is 0 Å². The summed E-state index contributed by atoms with van der Waals surface area (Å²) in [5, 5.41) is 25.9. The number of halogens is 3. The number of aliphatic carboxylic acids is 2. The summed E-state index contributed by atoms with van der Waals surface area (Å²) in [5.41, 5.74) is 11.4. The Hall–Kier alpha value is -3.11. The molecule has 0 aliphatic heterocycles. The molecule has 0 saturated carbocycles. The van der Waals surface area contributed by atoms with Gasteiger partial charge in [-0.2, -0.15) is 0 Å². The van der Waals surface area contributed by atoms with Crippen LogP contribution < -0.4 is 11.5 Å². The van der Waals surface area contributed by atoms with Gasteiger partial charge in [0.1, 0.15) is 12.1 Å². The summed E-state index contributed by atoms with van der Waals surface area (Å²) < 4.78 is 37.4. The smallest absolute Gasteiger partial charge is 0.320 e. The maximum Gasteiger partial charge on any atom is 0.320 e. The molecule has 2 aromatic rings. The molecule has 0 fully saturated rings. The van der Waals surface area contributed by atoms with E-state index in [2.05, 4.69) is 0 Å². The first kappa shape index (κ1) is 27.9. The number of phenolic OH excluding ortho intramolecular Hbond substituents is 1. The summed E-state index contributed by atoms with van der Waals surface area (Å²) in [6.45, 7) is 4.00. The number of rotatable bonds is 7.